The van der Waals surface area contributed by atoms with Gasteiger partial charge < -0.3 is 10.1 Å². The summed E-state index contributed by atoms with van der Waals surface area (Å²) in [6.45, 7) is 1.36. The lowest BCUT2D eigenvalue weighted by Gasteiger charge is -2.07. The maximum atomic E-state index is 5.17. The van der Waals surface area contributed by atoms with E-state index in [9.17, 15) is 0 Å². The molecule has 0 bridgehead atoms. The van der Waals surface area contributed by atoms with E-state index < -0.39 is 0 Å². The van der Waals surface area contributed by atoms with Crippen molar-refractivity contribution in [1.82, 2.24) is 20.5 Å². The van der Waals surface area contributed by atoms with E-state index in [0.717, 1.165) is 11.3 Å². The molecular formula is C12H14N4O. The molecule has 0 atom stereocenters. The van der Waals surface area contributed by atoms with Crippen LogP contribution >= 0.6 is 0 Å². The average molecular weight is 230 g/mol. The fraction of sp³-hybridized carbons (Fsp3) is 0.250. The normalized spacial score (nSPS) is 10.2. The van der Waals surface area contributed by atoms with E-state index >= 15 is 0 Å². The van der Waals surface area contributed by atoms with Gasteiger partial charge >= 0.3 is 0 Å². The van der Waals surface area contributed by atoms with Crippen LogP contribution in [0.1, 0.15) is 11.3 Å². The predicted octanol–water partition coefficient (Wildman–Crippen LogP) is 1.17. The lowest BCUT2D eigenvalue weighted by molar-refractivity contribution is 0.390. The molecule has 0 unspecified atom stereocenters. The summed E-state index contributed by atoms with van der Waals surface area (Å²) in [5, 5.41) is 11.1. The predicted molar refractivity (Wildman–Crippen MR) is 63.4 cm³/mol. The fourth-order valence-electron chi connectivity index (χ4n) is 1.50. The number of hydrogen-bond donors (Lipinski definition) is 1. The minimum Gasteiger partial charge on any atom is -0.481 e. The number of ether oxygens (including phenoxy) is 1. The van der Waals surface area contributed by atoms with Gasteiger partial charge in [0.15, 0.2) is 0 Å². The summed E-state index contributed by atoms with van der Waals surface area (Å²) in [6.07, 6.45) is 3.37. The van der Waals surface area contributed by atoms with Crippen molar-refractivity contribution in [1.29, 1.82) is 0 Å². The van der Waals surface area contributed by atoms with Crippen molar-refractivity contribution in [2.24, 2.45) is 0 Å². The molecule has 5 heteroatoms. The molecule has 17 heavy (non-hydrogen) atoms. The van der Waals surface area contributed by atoms with E-state index in [0.29, 0.717) is 19.0 Å². The molecule has 1 N–H and O–H groups in total. The van der Waals surface area contributed by atoms with Crippen LogP contribution in [0.25, 0.3) is 0 Å². The van der Waals surface area contributed by atoms with Crippen molar-refractivity contribution in [2.75, 3.05) is 7.11 Å². The van der Waals surface area contributed by atoms with E-state index in [-0.39, 0.29) is 0 Å². The molecule has 5 nitrogen and oxygen atoms in total. The molecule has 0 aromatic carbocycles. The smallest absolute Gasteiger partial charge is 0.217 e. The Balaban J connectivity index is 1.90. The maximum Gasteiger partial charge on any atom is 0.217 e. The van der Waals surface area contributed by atoms with Crippen molar-refractivity contribution in [3.8, 4) is 5.88 Å². The molecule has 88 valence electrons. The lowest BCUT2D eigenvalue weighted by atomic mass is 10.2. The van der Waals surface area contributed by atoms with Crippen molar-refractivity contribution >= 4 is 0 Å². The molecule has 0 saturated carbocycles. The third kappa shape index (κ3) is 3.22. The minimum absolute atomic E-state index is 0.652. The lowest BCUT2D eigenvalue weighted by Crippen LogP contribution is -2.14. The molecule has 2 aromatic rings. The van der Waals surface area contributed by atoms with Gasteiger partial charge in [0.1, 0.15) is 0 Å². The Hall–Kier alpha value is -2.01. The van der Waals surface area contributed by atoms with Gasteiger partial charge in [0.25, 0.3) is 0 Å². The van der Waals surface area contributed by atoms with Crippen LogP contribution in [0.2, 0.25) is 0 Å². The highest BCUT2D eigenvalue weighted by Crippen LogP contribution is 2.12. The summed E-state index contributed by atoms with van der Waals surface area (Å²) in [7, 11) is 1.62. The Morgan fingerprint density at radius 1 is 1.18 bits per heavy atom. The van der Waals surface area contributed by atoms with Gasteiger partial charge in [-0.3, -0.25) is 0 Å². The highest BCUT2D eigenvalue weighted by Gasteiger charge is 2.02. The molecule has 0 fully saturated rings. The van der Waals surface area contributed by atoms with Crippen LogP contribution in [0.5, 0.6) is 5.88 Å². The van der Waals surface area contributed by atoms with E-state index in [1.807, 2.05) is 24.3 Å². The van der Waals surface area contributed by atoms with Gasteiger partial charge in [0.05, 0.1) is 12.8 Å². The van der Waals surface area contributed by atoms with Crippen LogP contribution in [0.15, 0.2) is 36.7 Å². The Bertz CT molecular complexity index is 461. The highest BCUT2D eigenvalue weighted by atomic mass is 16.5. The minimum atomic E-state index is 0.652. The molecule has 2 rings (SSSR count). The number of pyridine rings is 1. The van der Waals surface area contributed by atoms with Crippen molar-refractivity contribution in [2.45, 2.75) is 13.1 Å². The van der Waals surface area contributed by atoms with Crippen LogP contribution < -0.4 is 10.1 Å². The second-order valence-electron chi connectivity index (χ2n) is 3.49. The number of rotatable bonds is 5. The van der Waals surface area contributed by atoms with Crippen LogP contribution in [-0.4, -0.2) is 22.3 Å². The maximum absolute atomic E-state index is 5.17. The summed E-state index contributed by atoms with van der Waals surface area (Å²) < 4.78 is 5.17. The molecule has 2 heterocycles. The monoisotopic (exact) mass is 230 g/mol. The topological polar surface area (TPSA) is 59.9 Å². The van der Waals surface area contributed by atoms with Gasteiger partial charge in [-0.05, 0) is 18.2 Å². The van der Waals surface area contributed by atoms with Crippen molar-refractivity contribution in [3.05, 3.63) is 47.9 Å². The first-order valence-electron chi connectivity index (χ1n) is 5.35. The van der Waals surface area contributed by atoms with Crippen molar-refractivity contribution in [3.63, 3.8) is 0 Å². The Kier molecular flexibility index (Phi) is 3.99. The van der Waals surface area contributed by atoms with Crippen LogP contribution in [0.3, 0.4) is 0 Å². The number of methoxy groups -OCH3 is 1. The van der Waals surface area contributed by atoms with Crippen LogP contribution in [0, 0.1) is 0 Å². The second-order valence-corrected chi connectivity index (χ2v) is 3.49. The van der Waals surface area contributed by atoms with E-state index in [4.69, 9.17) is 4.74 Å². The number of aromatic nitrogens is 3. The Morgan fingerprint density at radius 3 is 2.82 bits per heavy atom. The van der Waals surface area contributed by atoms with Crippen LogP contribution in [0.4, 0.5) is 0 Å². The van der Waals surface area contributed by atoms with Gasteiger partial charge in [0.2, 0.25) is 5.88 Å². The number of nitrogens with zero attached hydrogens (tertiary/aromatic N) is 3. The van der Waals surface area contributed by atoms with E-state index in [1.165, 1.54) is 0 Å². The summed E-state index contributed by atoms with van der Waals surface area (Å²) in [4.78, 5) is 4.13. The Morgan fingerprint density at radius 2 is 2.06 bits per heavy atom. The quantitative estimate of drug-likeness (QED) is 0.835. The fourth-order valence-corrected chi connectivity index (χ4v) is 1.50. The van der Waals surface area contributed by atoms with E-state index in [1.54, 1.807) is 19.5 Å². The van der Waals surface area contributed by atoms with Gasteiger partial charge in [-0.25, -0.2) is 4.98 Å². The van der Waals surface area contributed by atoms with Gasteiger partial charge in [-0.1, -0.05) is 6.07 Å². The summed E-state index contributed by atoms with van der Waals surface area (Å²) in [5.41, 5.74) is 1.94. The zero-order valence-electron chi connectivity index (χ0n) is 9.63. The molecule has 0 aliphatic heterocycles. The molecule has 0 amide bonds. The molecule has 0 spiro atoms. The number of hydrogen-bond acceptors (Lipinski definition) is 5. The number of nitrogens with one attached hydrogen (secondary N) is 1. The average Bonchev–Trinajstić information content (AvgIpc) is 2.40. The SMILES string of the molecule is COc1ncccc1CNCc1cccnn1. The molecule has 0 aliphatic carbocycles. The molecule has 2 aromatic heterocycles. The van der Waals surface area contributed by atoms with Gasteiger partial charge in [0, 0.05) is 31.0 Å². The summed E-state index contributed by atoms with van der Waals surface area (Å²) >= 11 is 0. The molecule has 0 saturated heterocycles. The van der Waals surface area contributed by atoms with Gasteiger partial charge in [-0.2, -0.15) is 10.2 Å². The second kappa shape index (κ2) is 5.91. The molecule has 0 aliphatic rings. The zero-order chi connectivity index (χ0) is 11.9. The summed E-state index contributed by atoms with van der Waals surface area (Å²) in [6, 6.07) is 7.67. The summed E-state index contributed by atoms with van der Waals surface area (Å²) in [5.74, 6) is 0.652. The van der Waals surface area contributed by atoms with Crippen molar-refractivity contribution < 1.29 is 4.74 Å². The van der Waals surface area contributed by atoms with E-state index in [2.05, 4.69) is 20.5 Å². The first-order valence-corrected chi connectivity index (χ1v) is 5.35. The Labute approximate surface area is 99.9 Å². The molecule has 0 radical (unpaired) electrons. The largest absolute Gasteiger partial charge is 0.481 e. The molecular weight excluding hydrogens is 216 g/mol. The third-order valence-corrected chi connectivity index (χ3v) is 2.29. The third-order valence-electron chi connectivity index (χ3n) is 2.29. The first-order chi connectivity index (χ1) is 8.40. The highest BCUT2D eigenvalue weighted by molar-refractivity contribution is 5.25. The van der Waals surface area contributed by atoms with Crippen LogP contribution in [-0.2, 0) is 13.1 Å². The zero-order valence-corrected chi connectivity index (χ0v) is 9.63. The first kappa shape index (κ1) is 11.5. The standard InChI is InChI=1S/C12H14N4O/c1-17-12-10(4-2-6-14-12)8-13-9-11-5-3-7-15-16-11/h2-7,13H,8-9H2,1H3. The van der Waals surface area contributed by atoms with Gasteiger partial charge in [-0.15, -0.1) is 0 Å².